The minimum absolute atomic E-state index is 0.142. The van der Waals surface area contributed by atoms with E-state index < -0.39 is 32.9 Å². The van der Waals surface area contributed by atoms with Crippen molar-refractivity contribution >= 4 is 24.7 Å². The number of phosphoric ester groups is 1. The molecular formula is C23H21N6O6P. The van der Waals surface area contributed by atoms with E-state index in [9.17, 15) is 9.67 Å². The van der Waals surface area contributed by atoms with Gasteiger partial charge in [-0.25, -0.2) is 19.5 Å². The van der Waals surface area contributed by atoms with Crippen LogP contribution in [0, 0.1) is 11.8 Å². The summed E-state index contributed by atoms with van der Waals surface area (Å²) >= 11 is 0. The molecule has 0 aromatic carbocycles. The lowest BCUT2D eigenvalue weighted by Crippen LogP contribution is -2.25. The highest BCUT2D eigenvalue weighted by molar-refractivity contribution is 7.46. The van der Waals surface area contributed by atoms with Gasteiger partial charge in [-0.05, 0) is 30.2 Å². The maximum atomic E-state index is 11.0. The van der Waals surface area contributed by atoms with Crippen LogP contribution in [0.2, 0.25) is 0 Å². The molecule has 1 aliphatic heterocycles. The molecule has 36 heavy (non-hydrogen) atoms. The zero-order valence-corrected chi connectivity index (χ0v) is 19.6. The number of hydrogen-bond donors (Lipinski definition) is 4. The molecule has 13 heteroatoms. The van der Waals surface area contributed by atoms with Crippen molar-refractivity contribution in [2.45, 2.75) is 24.9 Å². The molecule has 0 saturated carbocycles. The topological polar surface area (TPSA) is 179 Å². The van der Waals surface area contributed by atoms with E-state index >= 15 is 0 Å². The summed E-state index contributed by atoms with van der Waals surface area (Å²) in [6.07, 6.45) is 2.20. The summed E-state index contributed by atoms with van der Waals surface area (Å²) in [5, 5.41) is 10.9. The van der Waals surface area contributed by atoms with Gasteiger partial charge in [0.1, 0.15) is 35.8 Å². The molecule has 5 N–H and O–H groups in total. The van der Waals surface area contributed by atoms with Gasteiger partial charge in [0.15, 0.2) is 0 Å². The molecule has 4 aromatic rings. The van der Waals surface area contributed by atoms with Gasteiger partial charge >= 0.3 is 7.82 Å². The van der Waals surface area contributed by atoms with E-state index in [0.29, 0.717) is 28.0 Å². The molecule has 12 nitrogen and oxygen atoms in total. The molecule has 0 unspecified atom stereocenters. The zero-order valence-electron chi connectivity index (χ0n) is 18.7. The Bertz CT molecular complexity index is 1510. The standard InChI is InChI=1S/C23H21N6O6P/c24-22-21-14(7-8-15-4-3-6-17(28-15)16-5-1-2-9-25-16)11-29(23(21)27-13-26-22)20-10-18(30)19(35-20)12-34-36(31,32)33/h1-6,9,11,13,18-20,30H,10,12H2,(H2,24,26,27)(H2,31,32,33)/t18-,19+,20+/m0/s1. The maximum Gasteiger partial charge on any atom is 0.469 e. The van der Waals surface area contributed by atoms with Crippen molar-refractivity contribution in [2.75, 3.05) is 12.3 Å². The van der Waals surface area contributed by atoms with Gasteiger partial charge in [0, 0.05) is 18.8 Å². The van der Waals surface area contributed by atoms with Crippen LogP contribution in [0.15, 0.2) is 55.1 Å². The minimum Gasteiger partial charge on any atom is -0.390 e. The van der Waals surface area contributed by atoms with Crippen molar-refractivity contribution < 1.29 is 28.7 Å². The molecule has 4 aromatic heterocycles. The van der Waals surface area contributed by atoms with Crippen molar-refractivity contribution in [3.8, 4) is 23.2 Å². The van der Waals surface area contributed by atoms with Crippen molar-refractivity contribution in [2.24, 2.45) is 0 Å². The smallest absolute Gasteiger partial charge is 0.390 e. The lowest BCUT2D eigenvalue weighted by atomic mass is 10.2. The highest BCUT2D eigenvalue weighted by Gasteiger charge is 2.37. The monoisotopic (exact) mass is 508 g/mol. The minimum atomic E-state index is -4.70. The number of ether oxygens (including phenoxy) is 1. The summed E-state index contributed by atoms with van der Waals surface area (Å²) in [6, 6.07) is 11.0. The second kappa shape index (κ2) is 9.75. The Hall–Kier alpha value is -3.69. The second-order valence-corrected chi connectivity index (χ2v) is 9.24. The van der Waals surface area contributed by atoms with Gasteiger partial charge in [0.05, 0.1) is 35.0 Å². The van der Waals surface area contributed by atoms with Crippen molar-refractivity contribution in [1.29, 1.82) is 0 Å². The third-order valence-electron chi connectivity index (χ3n) is 5.56. The summed E-state index contributed by atoms with van der Waals surface area (Å²) in [5.74, 6) is 6.33. The van der Waals surface area contributed by atoms with Gasteiger partial charge < -0.3 is 29.9 Å². The predicted molar refractivity (Wildman–Crippen MR) is 128 cm³/mol. The largest absolute Gasteiger partial charge is 0.469 e. The van der Waals surface area contributed by atoms with Crippen LogP contribution < -0.4 is 5.73 Å². The molecule has 1 saturated heterocycles. The van der Waals surface area contributed by atoms with E-state index in [1.54, 1.807) is 23.0 Å². The molecule has 184 valence electrons. The highest BCUT2D eigenvalue weighted by Crippen LogP contribution is 2.39. The van der Waals surface area contributed by atoms with Gasteiger partial charge in [-0.2, -0.15) is 0 Å². The van der Waals surface area contributed by atoms with Crippen LogP contribution in [0.5, 0.6) is 0 Å². The van der Waals surface area contributed by atoms with Crippen LogP contribution in [0.4, 0.5) is 5.82 Å². The second-order valence-electron chi connectivity index (χ2n) is 8.00. The van der Waals surface area contributed by atoms with Crippen LogP contribution >= 0.6 is 7.82 Å². The Morgan fingerprint density at radius 2 is 1.97 bits per heavy atom. The number of rotatable bonds is 5. The van der Waals surface area contributed by atoms with E-state index in [2.05, 4.69) is 36.3 Å². The first-order chi connectivity index (χ1) is 17.3. The fourth-order valence-corrected chi connectivity index (χ4v) is 4.26. The Kier molecular flexibility index (Phi) is 6.51. The average Bonchev–Trinajstić information content (AvgIpc) is 3.42. The highest BCUT2D eigenvalue weighted by atomic mass is 31.2. The van der Waals surface area contributed by atoms with E-state index in [1.165, 1.54) is 6.33 Å². The molecule has 1 aliphatic rings. The van der Waals surface area contributed by atoms with Gasteiger partial charge in [0.2, 0.25) is 0 Å². The Morgan fingerprint density at radius 3 is 2.75 bits per heavy atom. The summed E-state index contributed by atoms with van der Waals surface area (Å²) in [5.41, 5.74) is 9.04. The van der Waals surface area contributed by atoms with Crippen LogP contribution in [0.25, 0.3) is 22.4 Å². The number of phosphoric acid groups is 1. The number of nitrogens with zero attached hydrogens (tertiary/aromatic N) is 5. The molecule has 0 aliphatic carbocycles. The number of hydrogen-bond acceptors (Lipinski definition) is 9. The fraction of sp³-hybridized carbons (Fsp3) is 0.217. The first-order valence-corrected chi connectivity index (χ1v) is 12.4. The molecule has 0 spiro atoms. The average molecular weight is 508 g/mol. The maximum absolute atomic E-state index is 11.0. The van der Waals surface area contributed by atoms with Crippen LogP contribution in [-0.2, 0) is 13.8 Å². The van der Waals surface area contributed by atoms with E-state index in [-0.39, 0.29) is 12.2 Å². The molecule has 5 rings (SSSR count). The molecule has 0 bridgehead atoms. The van der Waals surface area contributed by atoms with Crippen molar-refractivity contribution in [3.63, 3.8) is 0 Å². The Labute approximate surface area is 205 Å². The van der Waals surface area contributed by atoms with Crippen LogP contribution in [0.1, 0.15) is 23.9 Å². The number of nitrogen functional groups attached to an aromatic ring is 1. The lowest BCUT2D eigenvalue weighted by molar-refractivity contribution is -0.0422. The number of fused-ring (bicyclic) bond motifs is 1. The summed E-state index contributed by atoms with van der Waals surface area (Å²) in [4.78, 5) is 35.2. The molecule has 0 radical (unpaired) electrons. The molecule has 5 heterocycles. The SMILES string of the molecule is Nc1ncnc2c1c(C#Cc1cccc(-c3ccccn3)n1)cn2[C@H]1C[C@H](O)[C@@H](COP(=O)(O)O)O1. The fourth-order valence-electron chi connectivity index (χ4n) is 3.92. The van der Waals surface area contributed by atoms with E-state index in [4.69, 9.17) is 20.3 Å². The number of aliphatic hydroxyl groups is 1. The van der Waals surface area contributed by atoms with Gasteiger partial charge in [-0.1, -0.05) is 18.1 Å². The van der Waals surface area contributed by atoms with Gasteiger partial charge in [-0.15, -0.1) is 0 Å². The van der Waals surface area contributed by atoms with Crippen LogP contribution in [-0.4, -0.2) is 58.2 Å². The zero-order chi connectivity index (χ0) is 25.3. The van der Waals surface area contributed by atoms with Crippen molar-refractivity contribution in [3.05, 3.63) is 66.4 Å². The number of aromatic nitrogens is 5. The third-order valence-corrected chi connectivity index (χ3v) is 6.05. The number of aliphatic hydroxyl groups excluding tert-OH is 1. The number of anilines is 1. The van der Waals surface area contributed by atoms with Crippen molar-refractivity contribution in [1.82, 2.24) is 24.5 Å². The molecule has 3 atom stereocenters. The van der Waals surface area contributed by atoms with E-state index in [0.717, 1.165) is 5.69 Å². The summed E-state index contributed by atoms with van der Waals surface area (Å²) in [6.45, 7) is -0.469. The predicted octanol–water partition coefficient (Wildman–Crippen LogP) is 1.63. The third kappa shape index (κ3) is 5.12. The first-order valence-electron chi connectivity index (χ1n) is 10.8. The normalized spacial score (nSPS) is 19.8. The Balaban J connectivity index is 1.46. The van der Waals surface area contributed by atoms with Crippen LogP contribution in [0.3, 0.4) is 0 Å². The van der Waals surface area contributed by atoms with Gasteiger partial charge in [0.25, 0.3) is 0 Å². The molecule has 1 fully saturated rings. The summed E-state index contributed by atoms with van der Waals surface area (Å²) < 4.78 is 23.0. The lowest BCUT2D eigenvalue weighted by Gasteiger charge is -2.16. The molecule has 0 amide bonds. The van der Waals surface area contributed by atoms with E-state index in [1.807, 2.05) is 30.3 Å². The summed E-state index contributed by atoms with van der Waals surface area (Å²) in [7, 11) is -4.70. The molecular weight excluding hydrogens is 487 g/mol. The first kappa shape index (κ1) is 24.0. The number of pyridine rings is 2. The quantitative estimate of drug-likeness (QED) is 0.227. The van der Waals surface area contributed by atoms with Gasteiger partial charge in [-0.3, -0.25) is 9.51 Å². The number of nitrogens with two attached hydrogens (primary N) is 1. The Morgan fingerprint density at radius 1 is 1.14 bits per heavy atom.